The fourth-order valence-corrected chi connectivity index (χ4v) is 3.58. The number of nitrogens with zero attached hydrogens (tertiary/aromatic N) is 1. The molecule has 150 valence electrons. The summed E-state index contributed by atoms with van der Waals surface area (Å²) in [6.45, 7) is 2.30. The molecule has 0 bridgehead atoms. The van der Waals surface area contributed by atoms with Gasteiger partial charge in [0.15, 0.2) is 0 Å². The molecule has 1 heterocycles. The highest BCUT2D eigenvalue weighted by Gasteiger charge is 1.95. The number of H-pyrrole nitrogens is 1. The van der Waals surface area contributed by atoms with Crippen LogP contribution in [0.25, 0.3) is 6.20 Å². The van der Waals surface area contributed by atoms with E-state index in [4.69, 9.17) is 0 Å². The summed E-state index contributed by atoms with van der Waals surface area (Å²) < 4.78 is 2.06. The van der Waals surface area contributed by atoms with E-state index in [1.54, 1.807) is 0 Å². The molecule has 0 fully saturated rings. The van der Waals surface area contributed by atoms with E-state index < -0.39 is 0 Å². The molecule has 1 aromatic heterocycles. The molecule has 1 rings (SSSR count). The second-order valence-electron chi connectivity index (χ2n) is 7.89. The number of allylic oxidation sites excluding steroid dienone is 1. The van der Waals surface area contributed by atoms with Crippen LogP contribution in [0.3, 0.4) is 0 Å². The van der Waals surface area contributed by atoms with E-state index in [1.807, 2.05) is 18.7 Å². The number of nitrogens with one attached hydrogen (secondary N) is 1. The lowest BCUT2D eigenvalue weighted by molar-refractivity contribution is -0.566. The number of aromatic nitrogens is 2. The highest BCUT2D eigenvalue weighted by molar-refractivity contribution is 5.04. The molecule has 2 heteroatoms. The number of imidazole rings is 1. The lowest BCUT2D eigenvalue weighted by atomic mass is 10.0. The molecule has 0 aliphatic rings. The third kappa shape index (κ3) is 15.2. The van der Waals surface area contributed by atoms with Crippen molar-refractivity contribution in [3.63, 3.8) is 0 Å². The van der Waals surface area contributed by atoms with Crippen molar-refractivity contribution in [3.8, 4) is 0 Å². The summed E-state index contributed by atoms with van der Waals surface area (Å²) in [5.41, 5.74) is 0. The largest absolute Gasteiger partial charge is 0.250 e. The van der Waals surface area contributed by atoms with Crippen molar-refractivity contribution in [2.24, 2.45) is 0 Å². The zero-order valence-electron chi connectivity index (χ0n) is 17.6. The quantitative estimate of drug-likeness (QED) is 0.191. The third-order valence-electron chi connectivity index (χ3n) is 5.32. The van der Waals surface area contributed by atoms with Gasteiger partial charge in [0.05, 0.1) is 6.20 Å². The van der Waals surface area contributed by atoms with Crippen LogP contribution in [0.5, 0.6) is 0 Å². The Morgan fingerprint density at radius 2 is 1.12 bits per heavy atom. The predicted octanol–water partition coefficient (Wildman–Crippen LogP) is 7.81. The summed E-state index contributed by atoms with van der Waals surface area (Å²) in [7, 11) is 0. The molecule has 0 spiro atoms. The predicted molar refractivity (Wildman–Crippen MR) is 115 cm³/mol. The van der Waals surface area contributed by atoms with Gasteiger partial charge < -0.3 is 0 Å². The monoisotopic (exact) mass is 361 g/mol. The van der Waals surface area contributed by atoms with Crippen LogP contribution < -0.4 is 4.57 Å². The van der Waals surface area contributed by atoms with Gasteiger partial charge in [-0.05, 0) is 18.9 Å². The minimum Gasteiger partial charge on any atom is -0.250 e. The maximum absolute atomic E-state index is 3.05. The molecule has 0 radical (unpaired) electrons. The second-order valence-corrected chi connectivity index (χ2v) is 7.89. The molecule has 2 nitrogen and oxygen atoms in total. The zero-order valence-corrected chi connectivity index (χ0v) is 17.6. The van der Waals surface area contributed by atoms with E-state index in [-0.39, 0.29) is 0 Å². The average Bonchev–Trinajstić information content (AvgIpc) is 3.17. The summed E-state index contributed by atoms with van der Waals surface area (Å²) in [6.07, 6.45) is 36.1. The van der Waals surface area contributed by atoms with Crippen LogP contribution in [0.4, 0.5) is 0 Å². The normalized spacial score (nSPS) is 11.6. The molecular formula is C24H45N2+. The topological polar surface area (TPSA) is 19.7 Å². The minimum absolute atomic E-state index is 1.21. The average molecular weight is 362 g/mol. The number of hydrogen-bond acceptors (Lipinski definition) is 0. The van der Waals surface area contributed by atoms with Gasteiger partial charge in [-0.3, -0.25) is 0 Å². The molecule has 0 saturated heterocycles. The first-order valence-electron chi connectivity index (χ1n) is 11.6. The van der Waals surface area contributed by atoms with Crippen molar-refractivity contribution >= 4 is 6.20 Å². The molecule has 26 heavy (non-hydrogen) atoms. The summed E-state index contributed by atoms with van der Waals surface area (Å²) in [5, 5.41) is 0. The Labute approximate surface area is 163 Å². The van der Waals surface area contributed by atoms with Crippen LogP contribution in [0.1, 0.15) is 122 Å². The summed E-state index contributed by atoms with van der Waals surface area (Å²) in [4.78, 5) is 3.05. The van der Waals surface area contributed by atoms with Crippen LogP contribution >= 0.6 is 0 Å². The number of aromatic amines is 1. The summed E-state index contributed by atoms with van der Waals surface area (Å²) in [6, 6.07) is 0. The Morgan fingerprint density at radius 3 is 1.54 bits per heavy atom. The summed E-state index contributed by atoms with van der Waals surface area (Å²) in [5.74, 6) is 0. The van der Waals surface area contributed by atoms with Gasteiger partial charge in [-0.2, -0.15) is 0 Å². The molecular weight excluding hydrogens is 316 g/mol. The number of hydrogen-bond donors (Lipinski definition) is 1. The van der Waals surface area contributed by atoms with Gasteiger partial charge in [0, 0.05) is 0 Å². The number of rotatable bonds is 19. The van der Waals surface area contributed by atoms with E-state index >= 15 is 0 Å². The molecule has 0 aliphatic heterocycles. The van der Waals surface area contributed by atoms with Crippen molar-refractivity contribution in [2.75, 3.05) is 0 Å². The van der Waals surface area contributed by atoms with Gasteiger partial charge in [-0.1, -0.05) is 110 Å². The molecule has 0 aliphatic carbocycles. The fourth-order valence-electron chi connectivity index (χ4n) is 3.58. The molecule has 1 aromatic rings. The van der Waals surface area contributed by atoms with Crippen LogP contribution in [0, 0.1) is 0 Å². The van der Waals surface area contributed by atoms with Crippen LogP contribution in [-0.4, -0.2) is 4.98 Å². The molecule has 0 amide bonds. The number of unbranched alkanes of at least 4 members (excludes halogenated alkanes) is 17. The first kappa shape index (κ1) is 23.0. The third-order valence-corrected chi connectivity index (χ3v) is 5.32. The van der Waals surface area contributed by atoms with Crippen molar-refractivity contribution in [2.45, 2.75) is 122 Å². The zero-order chi connectivity index (χ0) is 18.5. The highest BCUT2D eigenvalue weighted by atomic mass is 15.0. The first-order chi connectivity index (χ1) is 12.9. The van der Waals surface area contributed by atoms with Crippen molar-refractivity contribution in [1.29, 1.82) is 0 Å². The van der Waals surface area contributed by atoms with Gasteiger partial charge in [0.1, 0.15) is 12.4 Å². The van der Waals surface area contributed by atoms with E-state index in [2.05, 4.69) is 28.8 Å². The Morgan fingerprint density at radius 1 is 0.654 bits per heavy atom. The highest BCUT2D eigenvalue weighted by Crippen LogP contribution is 2.14. The smallest absolute Gasteiger partial charge is 0.246 e. The molecule has 0 unspecified atom stereocenters. The maximum atomic E-state index is 3.05. The summed E-state index contributed by atoms with van der Waals surface area (Å²) >= 11 is 0. The fraction of sp³-hybridized carbons (Fsp3) is 0.792. The van der Waals surface area contributed by atoms with Crippen molar-refractivity contribution < 1.29 is 4.57 Å². The van der Waals surface area contributed by atoms with Gasteiger partial charge in [-0.15, -0.1) is 0 Å². The van der Waals surface area contributed by atoms with E-state index in [0.29, 0.717) is 0 Å². The SMILES string of the molecule is CCCCCCCCCCCCCCCCCCCC=C[n+]1cc[nH]c1. The molecule has 0 aromatic carbocycles. The van der Waals surface area contributed by atoms with E-state index in [1.165, 1.54) is 116 Å². The second kappa shape index (κ2) is 18.7. The standard InChI is InChI=1S/C24H44N2/c1-2-3-4-5-6-7-8-9-10-11-12-13-14-15-16-17-18-19-20-22-26-23-21-25-24-26/h20-24H,2-19H2,1H3/p+1. The Kier molecular flexibility index (Phi) is 16.6. The lowest BCUT2D eigenvalue weighted by Gasteiger charge is -2.03. The van der Waals surface area contributed by atoms with Gasteiger partial charge in [0.2, 0.25) is 6.33 Å². The minimum atomic E-state index is 1.21. The van der Waals surface area contributed by atoms with Crippen LogP contribution in [-0.2, 0) is 0 Å². The van der Waals surface area contributed by atoms with Crippen molar-refractivity contribution in [1.82, 2.24) is 4.98 Å². The van der Waals surface area contributed by atoms with Gasteiger partial charge in [-0.25, -0.2) is 9.55 Å². The Balaban J connectivity index is 1.68. The molecule has 0 saturated carbocycles. The van der Waals surface area contributed by atoms with Crippen LogP contribution in [0.15, 0.2) is 24.8 Å². The molecule has 1 N–H and O–H groups in total. The van der Waals surface area contributed by atoms with E-state index in [0.717, 1.165) is 0 Å². The van der Waals surface area contributed by atoms with Crippen LogP contribution in [0.2, 0.25) is 0 Å². The Bertz CT molecular complexity index is 394. The van der Waals surface area contributed by atoms with Crippen molar-refractivity contribution in [3.05, 3.63) is 24.8 Å². The lowest BCUT2D eigenvalue weighted by Crippen LogP contribution is -2.20. The van der Waals surface area contributed by atoms with Gasteiger partial charge in [0.25, 0.3) is 0 Å². The Hall–Kier alpha value is -1.05. The van der Waals surface area contributed by atoms with Gasteiger partial charge >= 0.3 is 0 Å². The molecule has 0 atom stereocenters. The van der Waals surface area contributed by atoms with E-state index in [9.17, 15) is 0 Å². The maximum Gasteiger partial charge on any atom is 0.246 e. The first-order valence-corrected chi connectivity index (χ1v) is 11.6.